The van der Waals surface area contributed by atoms with Crippen LogP contribution in [0.2, 0.25) is 0 Å². The van der Waals surface area contributed by atoms with E-state index in [0.717, 1.165) is 71.8 Å². The van der Waals surface area contributed by atoms with Gasteiger partial charge in [-0.05, 0) is 70.1 Å². The van der Waals surface area contributed by atoms with Crippen LogP contribution in [0.4, 0.5) is 17.1 Å². The molecule has 52 heavy (non-hydrogen) atoms. The van der Waals surface area contributed by atoms with Gasteiger partial charge in [-0.15, -0.1) is 0 Å². The molecular weight excluding hydrogens is 637 g/mol. The monoisotopic (exact) mass is 666 g/mol. The minimum absolute atomic E-state index is 0.563. The summed E-state index contributed by atoms with van der Waals surface area (Å²) in [5.41, 5.74) is 7.26. The number of furan rings is 1. The molecule has 0 saturated heterocycles. The van der Waals surface area contributed by atoms with Crippen LogP contribution < -0.4 is 4.90 Å². The second-order valence-electron chi connectivity index (χ2n) is 12.9. The van der Waals surface area contributed by atoms with Gasteiger partial charge in [-0.1, -0.05) is 133 Å². The van der Waals surface area contributed by atoms with E-state index in [9.17, 15) is 0 Å². The van der Waals surface area contributed by atoms with Crippen molar-refractivity contribution in [3.63, 3.8) is 0 Å². The zero-order chi connectivity index (χ0) is 34.4. The lowest BCUT2D eigenvalue weighted by Gasteiger charge is -2.27. The molecule has 0 saturated carbocycles. The average molecular weight is 667 g/mol. The van der Waals surface area contributed by atoms with Crippen LogP contribution in [0.25, 0.3) is 77.6 Å². The molecule has 0 atom stereocenters. The SMILES string of the molecule is c1ccc(-c2nc(-c3ccccc3)nc(-c3cc(N(c4ccccc4)c4ccc5ccccc5c4)c4c(c3)oc3cc5ccccc5cc34)n2)cc1. The maximum absolute atomic E-state index is 6.79. The van der Waals surface area contributed by atoms with Crippen molar-refractivity contribution >= 4 is 60.5 Å². The highest BCUT2D eigenvalue weighted by Crippen LogP contribution is 2.46. The van der Waals surface area contributed by atoms with Crippen molar-refractivity contribution in [1.29, 1.82) is 0 Å². The lowest BCUT2D eigenvalue weighted by atomic mass is 10.0. The van der Waals surface area contributed by atoms with E-state index in [1.54, 1.807) is 0 Å². The zero-order valence-electron chi connectivity index (χ0n) is 28.0. The van der Waals surface area contributed by atoms with Gasteiger partial charge in [0.15, 0.2) is 17.5 Å². The minimum atomic E-state index is 0.563. The Kier molecular flexibility index (Phi) is 7.07. The number of fused-ring (bicyclic) bond motifs is 5. The molecule has 10 rings (SSSR count). The molecular formula is C47H30N4O. The Labute approximate surface area is 300 Å². The molecule has 0 fully saturated rings. The summed E-state index contributed by atoms with van der Waals surface area (Å²) in [6.07, 6.45) is 0. The van der Waals surface area contributed by atoms with E-state index in [1.807, 2.05) is 60.7 Å². The van der Waals surface area contributed by atoms with E-state index in [0.29, 0.717) is 17.5 Å². The van der Waals surface area contributed by atoms with Gasteiger partial charge in [0, 0.05) is 33.5 Å². The number of rotatable bonds is 6. The van der Waals surface area contributed by atoms with Crippen molar-refractivity contribution < 1.29 is 4.42 Å². The van der Waals surface area contributed by atoms with Gasteiger partial charge in [-0.2, -0.15) is 0 Å². The maximum atomic E-state index is 6.79. The Morgan fingerprint density at radius 2 is 0.885 bits per heavy atom. The first-order chi connectivity index (χ1) is 25.7. The van der Waals surface area contributed by atoms with Crippen LogP contribution in [-0.4, -0.2) is 15.0 Å². The lowest BCUT2D eigenvalue weighted by Crippen LogP contribution is -2.11. The fourth-order valence-corrected chi connectivity index (χ4v) is 7.13. The summed E-state index contributed by atoms with van der Waals surface area (Å²) in [4.78, 5) is 17.5. The quantitative estimate of drug-likeness (QED) is 0.177. The van der Waals surface area contributed by atoms with Crippen LogP contribution >= 0.6 is 0 Å². The van der Waals surface area contributed by atoms with Gasteiger partial charge in [-0.3, -0.25) is 0 Å². The average Bonchev–Trinajstić information content (AvgIpc) is 3.58. The first-order valence-corrected chi connectivity index (χ1v) is 17.4. The molecule has 244 valence electrons. The third kappa shape index (κ3) is 5.24. The first kappa shape index (κ1) is 29.8. The molecule has 0 bridgehead atoms. The molecule has 0 spiro atoms. The summed E-state index contributed by atoms with van der Waals surface area (Å²) in [6, 6.07) is 62.8. The zero-order valence-corrected chi connectivity index (χ0v) is 28.0. The van der Waals surface area contributed by atoms with Crippen molar-refractivity contribution in [2.45, 2.75) is 0 Å². The van der Waals surface area contributed by atoms with E-state index in [4.69, 9.17) is 19.4 Å². The van der Waals surface area contributed by atoms with Gasteiger partial charge >= 0.3 is 0 Å². The summed E-state index contributed by atoms with van der Waals surface area (Å²) < 4.78 is 6.79. The Morgan fingerprint density at radius 3 is 1.52 bits per heavy atom. The molecule has 0 N–H and O–H groups in total. The Morgan fingerprint density at radius 1 is 0.365 bits per heavy atom. The number of para-hydroxylation sites is 1. The standard InChI is InChI=1S/C47H30N4O/c1-4-15-32(16-5-1)45-48-46(33-17-6-2-7-18-33)50-47(49-45)37-28-41(44-40-27-35-20-12-13-21-36(35)29-42(40)52-43(44)30-37)51(38-22-8-3-9-23-38)39-25-24-31-14-10-11-19-34(31)26-39/h1-30H. The van der Waals surface area contributed by atoms with Crippen LogP contribution in [0.1, 0.15) is 0 Å². The highest BCUT2D eigenvalue weighted by atomic mass is 16.3. The Hall–Kier alpha value is -7.11. The molecule has 0 aliphatic heterocycles. The summed E-state index contributed by atoms with van der Waals surface area (Å²) in [5.74, 6) is 1.78. The van der Waals surface area contributed by atoms with Crippen molar-refractivity contribution in [2.75, 3.05) is 4.90 Å². The van der Waals surface area contributed by atoms with Crippen molar-refractivity contribution in [2.24, 2.45) is 0 Å². The fourth-order valence-electron chi connectivity index (χ4n) is 7.13. The van der Waals surface area contributed by atoms with Crippen molar-refractivity contribution in [3.8, 4) is 34.2 Å². The number of hydrogen-bond acceptors (Lipinski definition) is 5. The summed E-state index contributed by atoms with van der Waals surface area (Å²) in [5, 5.41) is 6.69. The van der Waals surface area contributed by atoms with Crippen molar-refractivity contribution in [1.82, 2.24) is 15.0 Å². The second kappa shape index (κ2) is 12.3. The normalized spacial score (nSPS) is 11.5. The maximum Gasteiger partial charge on any atom is 0.164 e. The van der Waals surface area contributed by atoms with Crippen LogP contribution in [0.3, 0.4) is 0 Å². The summed E-state index contributed by atoms with van der Waals surface area (Å²) in [6.45, 7) is 0. The molecule has 0 radical (unpaired) electrons. The van der Waals surface area contributed by atoms with Gasteiger partial charge in [-0.25, -0.2) is 15.0 Å². The fraction of sp³-hybridized carbons (Fsp3) is 0. The van der Waals surface area contributed by atoms with Crippen LogP contribution in [-0.2, 0) is 0 Å². The molecule has 0 aliphatic carbocycles. The first-order valence-electron chi connectivity index (χ1n) is 17.4. The highest BCUT2D eigenvalue weighted by Gasteiger charge is 2.23. The largest absolute Gasteiger partial charge is 0.456 e. The van der Waals surface area contributed by atoms with Crippen molar-refractivity contribution in [3.05, 3.63) is 182 Å². The lowest BCUT2D eigenvalue weighted by molar-refractivity contribution is 0.669. The second-order valence-corrected chi connectivity index (χ2v) is 12.9. The van der Waals surface area contributed by atoms with E-state index in [1.165, 1.54) is 5.39 Å². The van der Waals surface area contributed by atoms with Gasteiger partial charge < -0.3 is 9.32 Å². The predicted molar refractivity (Wildman–Crippen MR) is 213 cm³/mol. The van der Waals surface area contributed by atoms with Gasteiger partial charge in [0.2, 0.25) is 0 Å². The van der Waals surface area contributed by atoms with E-state index < -0.39 is 0 Å². The van der Waals surface area contributed by atoms with Crippen LogP contribution in [0, 0.1) is 0 Å². The number of hydrogen-bond donors (Lipinski definition) is 0. The van der Waals surface area contributed by atoms with Crippen LogP contribution in [0.5, 0.6) is 0 Å². The van der Waals surface area contributed by atoms with E-state index >= 15 is 0 Å². The summed E-state index contributed by atoms with van der Waals surface area (Å²) >= 11 is 0. The van der Waals surface area contributed by atoms with Crippen LogP contribution in [0.15, 0.2) is 186 Å². The number of nitrogens with zero attached hydrogens (tertiary/aromatic N) is 4. The molecule has 0 amide bonds. The molecule has 8 aromatic carbocycles. The minimum Gasteiger partial charge on any atom is -0.456 e. The predicted octanol–water partition coefficient (Wildman–Crippen LogP) is 12.5. The molecule has 0 aliphatic rings. The number of anilines is 3. The van der Waals surface area contributed by atoms with Gasteiger partial charge in [0.05, 0.1) is 11.1 Å². The number of benzene rings is 8. The van der Waals surface area contributed by atoms with E-state index in [-0.39, 0.29) is 0 Å². The molecule has 2 aromatic heterocycles. The molecule has 0 unspecified atom stereocenters. The van der Waals surface area contributed by atoms with Gasteiger partial charge in [0.1, 0.15) is 11.2 Å². The Bertz CT molecular complexity index is 2850. The molecule has 10 aromatic rings. The topological polar surface area (TPSA) is 55.1 Å². The van der Waals surface area contributed by atoms with Gasteiger partial charge in [0.25, 0.3) is 0 Å². The molecule has 5 nitrogen and oxygen atoms in total. The summed E-state index contributed by atoms with van der Waals surface area (Å²) in [7, 11) is 0. The molecule has 2 heterocycles. The highest BCUT2D eigenvalue weighted by molar-refractivity contribution is 6.17. The third-order valence-electron chi connectivity index (χ3n) is 9.62. The Balaban J connectivity index is 1.29. The third-order valence-corrected chi connectivity index (χ3v) is 9.62. The number of aromatic nitrogens is 3. The molecule has 5 heteroatoms. The smallest absolute Gasteiger partial charge is 0.164 e. The van der Waals surface area contributed by atoms with E-state index in [2.05, 4.69) is 126 Å².